The maximum absolute atomic E-state index is 6.05. The summed E-state index contributed by atoms with van der Waals surface area (Å²) >= 11 is 9.51. The average Bonchev–Trinajstić information content (AvgIpc) is 2.78. The third-order valence-electron chi connectivity index (χ3n) is 2.18. The van der Waals surface area contributed by atoms with Crippen LogP contribution in [0.2, 0.25) is 5.02 Å². The van der Waals surface area contributed by atoms with Crippen molar-refractivity contribution in [2.75, 3.05) is 0 Å². The van der Waals surface area contributed by atoms with Crippen molar-refractivity contribution in [1.82, 2.24) is 10.1 Å². The molecule has 0 amide bonds. The van der Waals surface area contributed by atoms with Crippen molar-refractivity contribution in [3.8, 4) is 11.4 Å². The zero-order valence-electron chi connectivity index (χ0n) is 8.65. The second-order valence-corrected chi connectivity index (χ2v) is 4.82. The molecular weight excluding hydrogens is 291 g/mol. The van der Waals surface area contributed by atoms with E-state index in [1.807, 2.05) is 25.1 Å². The molecular formula is C11H10BrClN2O. The molecule has 1 heterocycles. The molecule has 5 heteroatoms. The van der Waals surface area contributed by atoms with E-state index >= 15 is 0 Å². The summed E-state index contributed by atoms with van der Waals surface area (Å²) in [5, 5.41) is 4.54. The molecule has 0 aliphatic carbocycles. The molecule has 0 radical (unpaired) electrons. The fourth-order valence-electron chi connectivity index (χ4n) is 1.29. The van der Waals surface area contributed by atoms with Gasteiger partial charge in [-0.2, -0.15) is 4.98 Å². The molecule has 2 rings (SSSR count). The molecule has 0 N–H and O–H groups in total. The van der Waals surface area contributed by atoms with E-state index in [4.69, 9.17) is 16.1 Å². The predicted molar refractivity (Wildman–Crippen MR) is 66.7 cm³/mol. The summed E-state index contributed by atoms with van der Waals surface area (Å²) in [5.74, 6) is 1.11. The predicted octanol–water partition coefficient (Wildman–Crippen LogP) is 4.24. The van der Waals surface area contributed by atoms with Crippen LogP contribution in [-0.4, -0.2) is 10.1 Å². The Morgan fingerprint density at radius 1 is 1.44 bits per heavy atom. The SMILES string of the molecule is CCC(Br)c1nc(-c2ccccc2Cl)no1. The number of alkyl halides is 1. The van der Waals surface area contributed by atoms with Gasteiger partial charge in [0.1, 0.15) is 0 Å². The smallest absolute Gasteiger partial charge is 0.240 e. The van der Waals surface area contributed by atoms with Gasteiger partial charge in [-0.15, -0.1) is 0 Å². The van der Waals surface area contributed by atoms with Crippen molar-refractivity contribution in [3.63, 3.8) is 0 Å². The van der Waals surface area contributed by atoms with Crippen molar-refractivity contribution in [2.24, 2.45) is 0 Å². The van der Waals surface area contributed by atoms with Crippen LogP contribution in [0.4, 0.5) is 0 Å². The highest BCUT2D eigenvalue weighted by Gasteiger charge is 2.16. The molecule has 0 saturated carbocycles. The molecule has 2 aromatic rings. The molecule has 16 heavy (non-hydrogen) atoms. The second kappa shape index (κ2) is 4.97. The van der Waals surface area contributed by atoms with Gasteiger partial charge >= 0.3 is 0 Å². The van der Waals surface area contributed by atoms with Crippen molar-refractivity contribution in [3.05, 3.63) is 35.2 Å². The molecule has 1 atom stereocenters. The third-order valence-corrected chi connectivity index (χ3v) is 3.55. The Kier molecular flexibility index (Phi) is 3.61. The number of hydrogen-bond donors (Lipinski definition) is 0. The van der Waals surface area contributed by atoms with E-state index in [0.717, 1.165) is 12.0 Å². The van der Waals surface area contributed by atoms with Gasteiger partial charge in [-0.1, -0.05) is 51.7 Å². The zero-order chi connectivity index (χ0) is 11.5. The summed E-state index contributed by atoms with van der Waals surface area (Å²) < 4.78 is 5.16. The summed E-state index contributed by atoms with van der Waals surface area (Å²) in [4.78, 5) is 4.40. The number of hydrogen-bond acceptors (Lipinski definition) is 3. The minimum absolute atomic E-state index is 0.0937. The van der Waals surface area contributed by atoms with Gasteiger partial charge in [0.15, 0.2) is 0 Å². The first-order valence-electron chi connectivity index (χ1n) is 4.95. The second-order valence-electron chi connectivity index (χ2n) is 3.31. The lowest BCUT2D eigenvalue weighted by Crippen LogP contribution is -1.87. The molecule has 1 aromatic carbocycles. The van der Waals surface area contributed by atoms with Gasteiger partial charge in [0.05, 0.1) is 9.85 Å². The van der Waals surface area contributed by atoms with Gasteiger partial charge in [0.2, 0.25) is 11.7 Å². The maximum Gasteiger partial charge on any atom is 0.240 e. The molecule has 0 saturated heterocycles. The topological polar surface area (TPSA) is 38.9 Å². The Labute approximate surface area is 107 Å². The summed E-state index contributed by atoms with van der Waals surface area (Å²) in [5.41, 5.74) is 0.787. The van der Waals surface area contributed by atoms with Gasteiger partial charge in [0, 0.05) is 5.56 Å². The van der Waals surface area contributed by atoms with E-state index < -0.39 is 0 Å². The molecule has 1 aromatic heterocycles. The minimum Gasteiger partial charge on any atom is -0.338 e. The largest absolute Gasteiger partial charge is 0.338 e. The number of nitrogens with zero attached hydrogens (tertiary/aromatic N) is 2. The normalized spacial score (nSPS) is 12.7. The van der Waals surface area contributed by atoms with E-state index in [1.165, 1.54) is 0 Å². The minimum atomic E-state index is 0.0937. The Hall–Kier alpha value is -0.870. The molecule has 0 aliphatic rings. The van der Waals surface area contributed by atoms with Crippen LogP contribution in [0, 0.1) is 0 Å². The van der Waals surface area contributed by atoms with Crippen molar-refractivity contribution >= 4 is 27.5 Å². The van der Waals surface area contributed by atoms with Crippen LogP contribution >= 0.6 is 27.5 Å². The highest BCUT2D eigenvalue weighted by atomic mass is 79.9. The molecule has 0 fully saturated rings. The van der Waals surface area contributed by atoms with E-state index in [2.05, 4.69) is 26.1 Å². The molecule has 0 aliphatic heterocycles. The first-order valence-corrected chi connectivity index (χ1v) is 6.24. The van der Waals surface area contributed by atoms with Gasteiger partial charge in [-0.05, 0) is 18.6 Å². The quantitative estimate of drug-likeness (QED) is 0.796. The Bertz CT molecular complexity index is 486. The average molecular weight is 302 g/mol. The number of rotatable bonds is 3. The monoisotopic (exact) mass is 300 g/mol. The van der Waals surface area contributed by atoms with Crippen molar-refractivity contribution < 1.29 is 4.52 Å². The van der Waals surface area contributed by atoms with Gasteiger partial charge in [-0.3, -0.25) is 0 Å². The fraction of sp³-hybridized carbons (Fsp3) is 0.273. The summed E-state index contributed by atoms with van der Waals surface area (Å²) in [7, 11) is 0. The Morgan fingerprint density at radius 3 is 2.88 bits per heavy atom. The van der Waals surface area contributed by atoms with Crippen LogP contribution in [0.3, 0.4) is 0 Å². The van der Waals surface area contributed by atoms with E-state index in [9.17, 15) is 0 Å². The Morgan fingerprint density at radius 2 is 2.19 bits per heavy atom. The molecule has 1 unspecified atom stereocenters. The summed E-state index contributed by atoms with van der Waals surface area (Å²) in [6.07, 6.45) is 0.893. The van der Waals surface area contributed by atoms with Crippen LogP contribution in [0.5, 0.6) is 0 Å². The molecule has 84 valence electrons. The van der Waals surface area contributed by atoms with Crippen LogP contribution in [0.25, 0.3) is 11.4 Å². The number of benzene rings is 1. The highest BCUT2D eigenvalue weighted by Crippen LogP contribution is 2.29. The van der Waals surface area contributed by atoms with Crippen molar-refractivity contribution in [1.29, 1.82) is 0 Å². The summed E-state index contributed by atoms with van der Waals surface area (Å²) in [6.45, 7) is 2.04. The standard InChI is InChI=1S/C11H10BrClN2O/c1-2-8(12)11-14-10(15-16-11)7-5-3-4-6-9(7)13/h3-6,8H,2H2,1H3. The fourth-order valence-corrected chi connectivity index (χ4v) is 1.70. The number of halogens is 2. The maximum atomic E-state index is 6.05. The van der Waals surface area contributed by atoms with E-state index in [1.54, 1.807) is 6.07 Å². The van der Waals surface area contributed by atoms with Crippen LogP contribution < -0.4 is 0 Å². The van der Waals surface area contributed by atoms with Crippen molar-refractivity contribution in [2.45, 2.75) is 18.2 Å². The zero-order valence-corrected chi connectivity index (χ0v) is 11.0. The third kappa shape index (κ3) is 2.28. The lowest BCUT2D eigenvalue weighted by molar-refractivity contribution is 0.377. The summed E-state index contributed by atoms with van der Waals surface area (Å²) in [6, 6.07) is 7.43. The molecule has 0 bridgehead atoms. The van der Waals surface area contributed by atoms with Gasteiger partial charge in [0.25, 0.3) is 0 Å². The van der Waals surface area contributed by atoms with Crippen LogP contribution in [-0.2, 0) is 0 Å². The van der Waals surface area contributed by atoms with Crippen LogP contribution in [0.1, 0.15) is 24.1 Å². The van der Waals surface area contributed by atoms with Gasteiger partial charge in [-0.25, -0.2) is 0 Å². The first kappa shape index (κ1) is 11.6. The lowest BCUT2D eigenvalue weighted by atomic mass is 10.2. The molecule has 0 spiro atoms. The highest BCUT2D eigenvalue weighted by molar-refractivity contribution is 9.09. The van der Waals surface area contributed by atoms with Gasteiger partial charge < -0.3 is 4.52 Å². The van der Waals surface area contributed by atoms with E-state index in [0.29, 0.717) is 16.7 Å². The van der Waals surface area contributed by atoms with Crippen LogP contribution in [0.15, 0.2) is 28.8 Å². The number of aromatic nitrogens is 2. The van der Waals surface area contributed by atoms with E-state index in [-0.39, 0.29) is 4.83 Å². The molecule has 3 nitrogen and oxygen atoms in total. The lowest BCUT2D eigenvalue weighted by Gasteiger charge is -1.97. The Balaban J connectivity index is 2.35. The first-order chi connectivity index (χ1) is 7.72.